The molecule has 0 spiro atoms. The number of rotatable bonds is 12. The lowest BCUT2D eigenvalue weighted by Gasteiger charge is -2.34. The minimum Gasteiger partial charge on any atom is -0.497 e. The molecular weight excluding hydrogens is 837 g/mol. The van der Waals surface area contributed by atoms with Crippen molar-refractivity contribution in [1.82, 2.24) is 13.9 Å². The number of esters is 2. The van der Waals surface area contributed by atoms with Crippen LogP contribution in [-0.4, -0.2) is 106 Å². The van der Waals surface area contributed by atoms with Crippen LogP contribution in [0.25, 0.3) is 0 Å². The van der Waals surface area contributed by atoms with Crippen molar-refractivity contribution < 1.29 is 50.2 Å². The standard InChI is InChI=1S/C27H34N2O6S.C18H26N2O5S/c1-27(2,3)35-26(31)25-23(28-24(30)18-13-20-10-6-5-7-11-20)12-8-9-19-29(25)36(32,33)22-16-14-21(34-4)15-17-22;1-18(2,3)25-17(21)16-15(19)7-5-6-12-20(16)26(22,23)14-10-8-13(24-4)9-11-14/h5-11,14-17,23,25H,12-13,18-19H2,1-4H3,(H,28,30);5-6,8-11,15-16H,7,12,19H2,1-4H3. The van der Waals surface area contributed by atoms with Crippen molar-refractivity contribution in [2.45, 2.75) is 112 Å². The number of benzene rings is 3. The first-order valence-corrected chi connectivity index (χ1v) is 23.1. The lowest BCUT2D eigenvalue weighted by atomic mass is 10.0. The first-order valence-electron chi connectivity index (χ1n) is 20.2. The number of nitrogens with one attached hydrogen (secondary N) is 1. The van der Waals surface area contributed by atoms with Crippen LogP contribution in [0.4, 0.5) is 0 Å². The van der Waals surface area contributed by atoms with Gasteiger partial charge in [-0.15, -0.1) is 0 Å². The Morgan fingerprint density at radius 2 is 1.08 bits per heavy atom. The SMILES string of the molecule is COc1ccc(S(=O)(=O)N2CC=CCC(N)C2C(=O)OC(C)(C)C)cc1.COc1ccc(S(=O)(=O)N2CC=CCC(NC(=O)CCc3ccccc3)C2C(=O)OC(C)(C)C)cc1. The molecule has 4 unspecified atom stereocenters. The van der Waals surface area contributed by atoms with Gasteiger partial charge in [0.25, 0.3) is 0 Å². The fraction of sp³-hybridized carbons (Fsp3) is 0.444. The first-order chi connectivity index (χ1) is 29.1. The first kappa shape index (κ1) is 49.6. The fourth-order valence-corrected chi connectivity index (χ4v) is 9.77. The summed E-state index contributed by atoms with van der Waals surface area (Å²) in [6.45, 7) is 10.4. The summed E-state index contributed by atoms with van der Waals surface area (Å²) in [6, 6.07) is 17.7. The Kier molecular flexibility index (Phi) is 17.1. The normalized spacial score (nSPS) is 20.1. The molecule has 0 aromatic heterocycles. The Balaban J connectivity index is 0.000000287. The van der Waals surface area contributed by atoms with Gasteiger partial charge in [-0.05, 0) is 115 Å². The molecule has 0 radical (unpaired) electrons. The van der Waals surface area contributed by atoms with E-state index in [1.807, 2.05) is 30.3 Å². The topological polar surface area (TPSA) is 201 Å². The Morgan fingerprint density at radius 3 is 1.53 bits per heavy atom. The Morgan fingerprint density at radius 1 is 0.645 bits per heavy atom. The second-order valence-electron chi connectivity index (χ2n) is 16.7. The van der Waals surface area contributed by atoms with Gasteiger partial charge in [-0.25, -0.2) is 16.8 Å². The Labute approximate surface area is 366 Å². The van der Waals surface area contributed by atoms with E-state index in [0.717, 1.165) is 14.2 Å². The van der Waals surface area contributed by atoms with E-state index in [9.17, 15) is 31.2 Å². The van der Waals surface area contributed by atoms with Gasteiger partial charge in [-0.3, -0.25) is 14.4 Å². The molecule has 3 N–H and O–H groups in total. The highest BCUT2D eigenvalue weighted by Gasteiger charge is 2.44. The number of nitrogens with zero attached hydrogens (tertiary/aromatic N) is 2. The van der Waals surface area contributed by atoms with Crippen LogP contribution in [0.3, 0.4) is 0 Å². The number of amides is 1. The summed E-state index contributed by atoms with van der Waals surface area (Å²) in [5, 5.41) is 2.90. The second kappa shape index (κ2) is 21.3. The van der Waals surface area contributed by atoms with Gasteiger partial charge < -0.3 is 30.0 Å². The predicted octanol–water partition coefficient (Wildman–Crippen LogP) is 5.16. The maximum Gasteiger partial charge on any atom is 0.327 e. The molecule has 1 amide bonds. The van der Waals surface area contributed by atoms with Gasteiger partial charge in [-0.1, -0.05) is 54.6 Å². The van der Waals surface area contributed by atoms with Crippen LogP contribution in [0.2, 0.25) is 0 Å². The maximum atomic E-state index is 13.7. The van der Waals surface area contributed by atoms with Gasteiger partial charge in [0.1, 0.15) is 34.8 Å². The van der Waals surface area contributed by atoms with Crippen molar-refractivity contribution in [3.63, 3.8) is 0 Å². The van der Waals surface area contributed by atoms with E-state index in [4.69, 9.17) is 24.7 Å². The average Bonchev–Trinajstić information content (AvgIpc) is 3.56. The molecular formula is C45H60N4O11S2. The summed E-state index contributed by atoms with van der Waals surface area (Å²) in [7, 11) is -5.06. The lowest BCUT2D eigenvalue weighted by Crippen LogP contribution is -2.57. The van der Waals surface area contributed by atoms with Crippen molar-refractivity contribution in [3.05, 3.63) is 109 Å². The zero-order chi connectivity index (χ0) is 45.9. The second-order valence-corrected chi connectivity index (χ2v) is 20.5. The molecule has 2 aliphatic heterocycles. The zero-order valence-electron chi connectivity index (χ0n) is 36.6. The minimum atomic E-state index is -4.11. The molecule has 15 nitrogen and oxygen atoms in total. The van der Waals surface area contributed by atoms with Crippen LogP contribution in [0.5, 0.6) is 11.5 Å². The highest BCUT2D eigenvalue weighted by Crippen LogP contribution is 2.28. The van der Waals surface area contributed by atoms with Gasteiger partial charge in [0.15, 0.2) is 0 Å². The summed E-state index contributed by atoms with van der Waals surface area (Å²) in [4.78, 5) is 39.1. The number of carbonyl (C=O) groups is 3. The molecule has 0 fully saturated rings. The molecule has 0 saturated heterocycles. The molecule has 0 saturated carbocycles. The number of ether oxygens (including phenoxy) is 4. The van der Waals surface area contributed by atoms with Gasteiger partial charge in [0, 0.05) is 25.6 Å². The number of hydrogen-bond donors (Lipinski definition) is 2. The van der Waals surface area contributed by atoms with Crippen LogP contribution in [0.1, 0.15) is 66.4 Å². The summed E-state index contributed by atoms with van der Waals surface area (Å²) in [5.74, 6) is -0.575. The third-order valence-corrected chi connectivity index (χ3v) is 13.3. The highest BCUT2D eigenvalue weighted by molar-refractivity contribution is 7.89. The number of nitrogens with two attached hydrogens (primary N) is 1. The van der Waals surface area contributed by atoms with E-state index in [1.54, 1.807) is 90.1 Å². The van der Waals surface area contributed by atoms with Crippen molar-refractivity contribution in [2.75, 3.05) is 27.3 Å². The van der Waals surface area contributed by atoms with Crippen molar-refractivity contribution in [3.8, 4) is 11.5 Å². The molecule has 338 valence electrons. The predicted molar refractivity (Wildman–Crippen MR) is 235 cm³/mol. The molecule has 4 atom stereocenters. The molecule has 3 aromatic rings. The Bertz CT molecular complexity index is 2250. The Hall–Kier alpha value is -5.07. The van der Waals surface area contributed by atoms with Crippen molar-refractivity contribution in [2.24, 2.45) is 5.73 Å². The summed E-state index contributed by atoms with van der Waals surface area (Å²) >= 11 is 0. The number of hydrogen-bond acceptors (Lipinski definition) is 12. The lowest BCUT2D eigenvalue weighted by molar-refractivity contribution is -0.161. The van der Waals surface area contributed by atoms with E-state index >= 15 is 0 Å². The molecule has 17 heteroatoms. The number of carbonyl (C=O) groups excluding carboxylic acids is 3. The van der Waals surface area contributed by atoms with E-state index in [-0.39, 0.29) is 41.6 Å². The zero-order valence-corrected chi connectivity index (χ0v) is 38.3. The molecule has 2 aliphatic rings. The molecule has 62 heavy (non-hydrogen) atoms. The number of methoxy groups -OCH3 is 2. The molecule has 2 heterocycles. The third kappa shape index (κ3) is 13.7. The van der Waals surface area contributed by atoms with E-state index in [1.165, 1.54) is 38.5 Å². The minimum absolute atomic E-state index is 0.0151. The van der Waals surface area contributed by atoms with Gasteiger partial charge in [0.2, 0.25) is 26.0 Å². The van der Waals surface area contributed by atoms with E-state index < -0.39 is 67.4 Å². The van der Waals surface area contributed by atoms with Gasteiger partial charge in [0.05, 0.1) is 30.1 Å². The molecule has 0 bridgehead atoms. The summed E-state index contributed by atoms with van der Waals surface area (Å²) in [5.41, 5.74) is 5.56. The molecule has 0 aliphatic carbocycles. The van der Waals surface area contributed by atoms with E-state index in [0.29, 0.717) is 24.3 Å². The maximum absolute atomic E-state index is 13.7. The van der Waals surface area contributed by atoms with Crippen molar-refractivity contribution in [1.29, 1.82) is 0 Å². The van der Waals surface area contributed by atoms with Gasteiger partial charge >= 0.3 is 11.9 Å². The van der Waals surface area contributed by atoms with Gasteiger partial charge in [-0.2, -0.15) is 8.61 Å². The van der Waals surface area contributed by atoms with Crippen LogP contribution in [-0.2, 0) is 50.3 Å². The van der Waals surface area contributed by atoms with E-state index in [2.05, 4.69) is 5.32 Å². The van der Waals surface area contributed by atoms with Crippen LogP contribution >= 0.6 is 0 Å². The quantitative estimate of drug-likeness (QED) is 0.179. The number of aryl methyl sites for hydroxylation is 1. The molecule has 3 aromatic carbocycles. The summed E-state index contributed by atoms with van der Waals surface area (Å²) in [6.07, 6.45) is 8.36. The number of sulfonamides is 2. The van der Waals surface area contributed by atoms with Crippen molar-refractivity contribution >= 4 is 37.9 Å². The largest absolute Gasteiger partial charge is 0.497 e. The van der Waals surface area contributed by atoms with Crippen LogP contribution in [0, 0.1) is 0 Å². The van der Waals surface area contributed by atoms with Crippen LogP contribution < -0.4 is 20.5 Å². The third-order valence-electron chi connectivity index (χ3n) is 9.57. The smallest absolute Gasteiger partial charge is 0.327 e. The fourth-order valence-electron chi connectivity index (χ4n) is 6.63. The summed E-state index contributed by atoms with van der Waals surface area (Å²) < 4.78 is 77.2. The monoisotopic (exact) mass is 896 g/mol. The molecule has 5 rings (SSSR count). The highest BCUT2D eigenvalue weighted by atomic mass is 32.2. The average molecular weight is 897 g/mol. The van der Waals surface area contributed by atoms with Crippen LogP contribution in [0.15, 0.2) is 113 Å².